The molecular weight excluding hydrogens is 283 g/mol. The maximum Gasteiger partial charge on any atom is 0.334 e. The highest BCUT2D eigenvalue weighted by Crippen LogP contribution is 2.49. The van der Waals surface area contributed by atoms with Gasteiger partial charge in [0.15, 0.2) is 0 Å². The van der Waals surface area contributed by atoms with Gasteiger partial charge >= 0.3 is 16.2 Å². The van der Waals surface area contributed by atoms with Crippen LogP contribution >= 0.6 is 7.60 Å². The normalized spacial score (nSPS) is 12.9. The molecule has 0 heterocycles. The SMILES string of the molecule is CCO[Si](C)(CCCP(=O)(OCC)OCC)OCC. The third-order valence-electron chi connectivity index (χ3n) is 2.61. The van der Waals surface area contributed by atoms with E-state index in [9.17, 15) is 4.57 Å². The Bertz CT molecular complexity index is 259. The molecule has 0 fully saturated rings. The van der Waals surface area contributed by atoms with Crippen LogP contribution in [-0.4, -0.2) is 41.2 Å². The van der Waals surface area contributed by atoms with Crippen molar-refractivity contribution in [3.05, 3.63) is 0 Å². The molecule has 0 saturated heterocycles. The van der Waals surface area contributed by atoms with Gasteiger partial charge in [0.2, 0.25) is 0 Å². The van der Waals surface area contributed by atoms with E-state index in [2.05, 4.69) is 0 Å². The van der Waals surface area contributed by atoms with E-state index in [1.165, 1.54) is 0 Å². The van der Waals surface area contributed by atoms with Crippen LogP contribution in [-0.2, 0) is 22.5 Å². The largest absolute Gasteiger partial charge is 0.395 e. The summed E-state index contributed by atoms with van der Waals surface area (Å²) in [6.07, 6.45) is 1.16. The zero-order chi connectivity index (χ0) is 14.8. The Labute approximate surface area is 118 Å². The van der Waals surface area contributed by atoms with Crippen LogP contribution in [0.3, 0.4) is 0 Å². The molecule has 0 aromatic carbocycles. The van der Waals surface area contributed by atoms with Gasteiger partial charge in [-0.1, -0.05) is 0 Å². The Hall–Kier alpha value is 0.287. The molecule has 0 N–H and O–H groups in total. The Kier molecular flexibility index (Phi) is 10.2. The molecule has 0 unspecified atom stereocenters. The average Bonchev–Trinajstić information content (AvgIpc) is 2.29. The minimum absolute atomic E-state index is 0.406. The molecule has 0 aromatic rings. The first-order valence-electron chi connectivity index (χ1n) is 7.11. The monoisotopic (exact) mass is 312 g/mol. The topological polar surface area (TPSA) is 54.0 Å². The van der Waals surface area contributed by atoms with Crippen LogP contribution in [0.15, 0.2) is 0 Å². The fourth-order valence-corrected chi connectivity index (χ4v) is 6.33. The maximum absolute atomic E-state index is 12.3. The first-order valence-corrected chi connectivity index (χ1v) is 11.4. The summed E-state index contributed by atoms with van der Waals surface area (Å²) in [4.78, 5) is 0. The van der Waals surface area contributed by atoms with E-state index in [0.717, 1.165) is 12.5 Å². The molecule has 0 spiro atoms. The summed E-state index contributed by atoms with van der Waals surface area (Å²) in [7, 11) is -5.06. The highest BCUT2D eigenvalue weighted by atomic mass is 31.2. The molecule has 116 valence electrons. The lowest BCUT2D eigenvalue weighted by atomic mass is 10.6. The molecular formula is C12H29O5PSi. The van der Waals surface area contributed by atoms with Gasteiger partial charge in [-0.25, -0.2) is 0 Å². The van der Waals surface area contributed by atoms with E-state index in [-0.39, 0.29) is 0 Å². The van der Waals surface area contributed by atoms with Gasteiger partial charge in [-0.05, 0) is 46.7 Å². The summed E-state index contributed by atoms with van der Waals surface area (Å²) in [5.41, 5.74) is 0. The van der Waals surface area contributed by atoms with Crippen molar-refractivity contribution in [1.82, 2.24) is 0 Å². The second kappa shape index (κ2) is 10.1. The van der Waals surface area contributed by atoms with Crippen molar-refractivity contribution < 1.29 is 22.5 Å². The molecule has 5 nitrogen and oxygen atoms in total. The summed E-state index contributed by atoms with van der Waals surface area (Å²) in [6.45, 7) is 11.7. The molecule has 7 heteroatoms. The van der Waals surface area contributed by atoms with Crippen molar-refractivity contribution in [2.45, 2.75) is 46.7 Å². The third-order valence-corrected chi connectivity index (χ3v) is 7.84. The van der Waals surface area contributed by atoms with Gasteiger partial charge in [0.1, 0.15) is 0 Å². The zero-order valence-electron chi connectivity index (χ0n) is 12.9. The van der Waals surface area contributed by atoms with Gasteiger partial charge < -0.3 is 17.9 Å². The van der Waals surface area contributed by atoms with Crippen LogP contribution in [0.2, 0.25) is 12.6 Å². The van der Waals surface area contributed by atoms with Crippen molar-refractivity contribution in [3.63, 3.8) is 0 Å². The van der Waals surface area contributed by atoms with Crippen molar-refractivity contribution in [2.75, 3.05) is 32.6 Å². The summed E-state index contributed by atoms with van der Waals surface area (Å²) >= 11 is 0. The molecule has 19 heavy (non-hydrogen) atoms. The molecule has 0 aliphatic heterocycles. The molecule has 0 amide bonds. The van der Waals surface area contributed by atoms with E-state index in [1.807, 2.05) is 34.2 Å². The first kappa shape index (κ1) is 19.3. The number of hydrogen-bond donors (Lipinski definition) is 0. The second-order valence-corrected chi connectivity index (χ2v) is 9.80. The standard InChI is InChI=1S/C12H29O5PSi/c1-6-14-18(13,15-7-2)11-10-12-19(5,16-8-3)17-9-4/h6-12H2,1-5H3. The zero-order valence-corrected chi connectivity index (χ0v) is 14.8. The highest BCUT2D eigenvalue weighted by Gasteiger charge is 2.32. The van der Waals surface area contributed by atoms with E-state index in [4.69, 9.17) is 17.9 Å². The maximum atomic E-state index is 12.3. The van der Waals surface area contributed by atoms with Gasteiger partial charge in [0.05, 0.1) is 19.4 Å². The smallest absolute Gasteiger partial charge is 0.334 e. The van der Waals surface area contributed by atoms with Crippen LogP contribution in [0.4, 0.5) is 0 Å². The lowest BCUT2D eigenvalue weighted by Crippen LogP contribution is -2.38. The molecule has 0 aliphatic rings. The molecule has 0 aromatic heterocycles. The molecule has 0 aliphatic carbocycles. The van der Waals surface area contributed by atoms with E-state index >= 15 is 0 Å². The van der Waals surface area contributed by atoms with Crippen molar-refractivity contribution in [1.29, 1.82) is 0 Å². The fourth-order valence-electron chi connectivity index (χ4n) is 1.95. The van der Waals surface area contributed by atoms with Gasteiger partial charge in [-0.15, -0.1) is 0 Å². The van der Waals surface area contributed by atoms with Crippen molar-refractivity contribution in [2.24, 2.45) is 0 Å². The fraction of sp³-hybridized carbons (Fsp3) is 1.00. The number of rotatable bonds is 12. The van der Waals surface area contributed by atoms with Crippen LogP contribution < -0.4 is 0 Å². The van der Waals surface area contributed by atoms with Gasteiger partial charge in [-0.3, -0.25) is 4.57 Å². The summed E-state index contributed by atoms with van der Waals surface area (Å²) in [5.74, 6) is 0. The van der Waals surface area contributed by atoms with Crippen LogP contribution in [0.1, 0.15) is 34.1 Å². The highest BCUT2D eigenvalue weighted by molar-refractivity contribution is 7.53. The lowest BCUT2D eigenvalue weighted by Gasteiger charge is -2.26. The third kappa shape index (κ3) is 8.22. The summed E-state index contributed by atoms with van der Waals surface area (Å²) < 4.78 is 34.3. The second-order valence-electron chi connectivity index (χ2n) is 4.27. The Balaban J connectivity index is 4.32. The molecule has 0 rings (SSSR count). The minimum Gasteiger partial charge on any atom is -0.395 e. The minimum atomic E-state index is -2.93. The molecule has 0 saturated carbocycles. The van der Waals surface area contributed by atoms with Gasteiger partial charge in [0.25, 0.3) is 0 Å². The Morgan fingerprint density at radius 3 is 1.74 bits per heavy atom. The van der Waals surface area contributed by atoms with Crippen LogP contribution in [0.25, 0.3) is 0 Å². The van der Waals surface area contributed by atoms with Gasteiger partial charge in [0, 0.05) is 13.2 Å². The van der Waals surface area contributed by atoms with E-state index in [0.29, 0.717) is 32.6 Å². The number of hydrogen-bond acceptors (Lipinski definition) is 5. The van der Waals surface area contributed by atoms with E-state index in [1.54, 1.807) is 0 Å². The average molecular weight is 312 g/mol. The Morgan fingerprint density at radius 2 is 1.37 bits per heavy atom. The molecule has 0 bridgehead atoms. The Morgan fingerprint density at radius 1 is 0.895 bits per heavy atom. The quantitative estimate of drug-likeness (QED) is 0.405. The lowest BCUT2D eigenvalue weighted by molar-refractivity contribution is 0.188. The van der Waals surface area contributed by atoms with Gasteiger partial charge in [-0.2, -0.15) is 0 Å². The van der Waals surface area contributed by atoms with Crippen LogP contribution in [0.5, 0.6) is 0 Å². The predicted octanol–water partition coefficient (Wildman–Crippen LogP) is 3.79. The molecule has 0 atom stereocenters. The summed E-state index contributed by atoms with van der Waals surface area (Å²) in [5, 5.41) is 0. The molecule has 0 radical (unpaired) electrons. The van der Waals surface area contributed by atoms with Crippen molar-refractivity contribution >= 4 is 16.2 Å². The van der Waals surface area contributed by atoms with Crippen LogP contribution in [0, 0.1) is 0 Å². The first-order chi connectivity index (χ1) is 8.95. The predicted molar refractivity (Wildman–Crippen MR) is 80.0 cm³/mol. The van der Waals surface area contributed by atoms with E-state index < -0.39 is 16.2 Å². The summed E-state index contributed by atoms with van der Waals surface area (Å²) in [6, 6.07) is 0.804. The van der Waals surface area contributed by atoms with Crippen molar-refractivity contribution in [3.8, 4) is 0 Å².